The van der Waals surface area contributed by atoms with E-state index in [1.807, 2.05) is 0 Å². The Morgan fingerprint density at radius 2 is 1.81 bits per heavy atom. The summed E-state index contributed by atoms with van der Waals surface area (Å²) in [7, 11) is 6.02. The molecule has 21 heavy (non-hydrogen) atoms. The smallest absolute Gasteiger partial charge is 0.122 e. The molecule has 0 aliphatic rings. The fourth-order valence-corrected chi connectivity index (χ4v) is 2.63. The van der Waals surface area contributed by atoms with Gasteiger partial charge in [0, 0.05) is 5.54 Å². The van der Waals surface area contributed by atoms with Crippen molar-refractivity contribution >= 4 is 0 Å². The fourth-order valence-electron chi connectivity index (χ4n) is 2.63. The summed E-state index contributed by atoms with van der Waals surface area (Å²) in [5.74, 6) is 0.966. The van der Waals surface area contributed by atoms with Crippen LogP contribution in [-0.4, -0.2) is 38.2 Å². The van der Waals surface area contributed by atoms with Crippen LogP contribution in [0.15, 0.2) is 12.1 Å². The standard InChI is InChI=1S/C18H32N2O/c1-9-10-19-17(18(4,5)20(6)7)15-11-14(3)16(21-8)12-13(15)2/h11-12,17,19H,9-10H2,1-8H3. The minimum atomic E-state index is 0.0287. The Kier molecular flexibility index (Phi) is 6.24. The third-order valence-corrected chi connectivity index (χ3v) is 4.55. The predicted octanol–water partition coefficient (Wildman–Crippen LogP) is 3.69. The van der Waals surface area contributed by atoms with Crippen LogP contribution in [0.25, 0.3) is 0 Å². The minimum absolute atomic E-state index is 0.0287. The van der Waals surface area contributed by atoms with Crippen molar-refractivity contribution in [1.82, 2.24) is 10.2 Å². The number of likely N-dealkylation sites (N-methyl/N-ethyl adjacent to an activating group) is 1. The van der Waals surface area contributed by atoms with Crippen molar-refractivity contribution in [2.75, 3.05) is 27.7 Å². The van der Waals surface area contributed by atoms with E-state index in [-0.39, 0.29) is 11.6 Å². The number of nitrogens with zero attached hydrogens (tertiary/aromatic N) is 1. The van der Waals surface area contributed by atoms with Gasteiger partial charge in [-0.05, 0) is 77.5 Å². The van der Waals surface area contributed by atoms with E-state index < -0.39 is 0 Å². The second-order valence-electron chi connectivity index (χ2n) is 6.61. The van der Waals surface area contributed by atoms with Gasteiger partial charge in [0.15, 0.2) is 0 Å². The van der Waals surface area contributed by atoms with Gasteiger partial charge < -0.3 is 15.0 Å². The number of nitrogens with one attached hydrogen (secondary N) is 1. The van der Waals surface area contributed by atoms with E-state index in [0.717, 1.165) is 18.7 Å². The van der Waals surface area contributed by atoms with Crippen molar-refractivity contribution in [1.29, 1.82) is 0 Å². The Morgan fingerprint density at radius 3 is 2.29 bits per heavy atom. The van der Waals surface area contributed by atoms with Crippen molar-refractivity contribution < 1.29 is 4.74 Å². The predicted molar refractivity (Wildman–Crippen MR) is 91.3 cm³/mol. The summed E-state index contributed by atoms with van der Waals surface area (Å²) in [5.41, 5.74) is 3.86. The minimum Gasteiger partial charge on any atom is -0.496 e. The van der Waals surface area contributed by atoms with Gasteiger partial charge in [-0.2, -0.15) is 0 Å². The van der Waals surface area contributed by atoms with E-state index in [4.69, 9.17) is 4.74 Å². The van der Waals surface area contributed by atoms with Crippen LogP contribution < -0.4 is 10.1 Å². The lowest BCUT2D eigenvalue weighted by Gasteiger charge is -2.41. The molecule has 0 aliphatic carbocycles. The molecule has 0 aromatic heterocycles. The molecule has 0 fully saturated rings. The second kappa shape index (κ2) is 7.28. The number of benzene rings is 1. The van der Waals surface area contributed by atoms with E-state index in [1.54, 1.807) is 7.11 Å². The number of aryl methyl sites for hydroxylation is 2. The van der Waals surface area contributed by atoms with E-state index in [0.29, 0.717) is 0 Å². The Morgan fingerprint density at radius 1 is 1.19 bits per heavy atom. The first-order valence-electron chi connectivity index (χ1n) is 7.81. The summed E-state index contributed by atoms with van der Waals surface area (Å²) in [6.45, 7) is 12.1. The fraction of sp³-hybridized carbons (Fsp3) is 0.667. The molecule has 1 N–H and O–H groups in total. The summed E-state index contributed by atoms with van der Waals surface area (Å²) >= 11 is 0. The van der Waals surface area contributed by atoms with Crippen LogP contribution in [0.4, 0.5) is 0 Å². The molecule has 0 saturated heterocycles. The number of methoxy groups -OCH3 is 1. The monoisotopic (exact) mass is 292 g/mol. The lowest BCUT2D eigenvalue weighted by molar-refractivity contribution is 0.137. The first kappa shape index (κ1) is 18.0. The molecule has 0 aliphatic heterocycles. The quantitative estimate of drug-likeness (QED) is 0.829. The molecule has 1 aromatic carbocycles. The molecular weight excluding hydrogens is 260 g/mol. The van der Waals surface area contributed by atoms with E-state index in [2.05, 4.69) is 71.1 Å². The van der Waals surface area contributed by atoms with Crippen LogP contribution in [0, 0.1) is 13.8 Å². The van der Waals surface area contributed by atoms with Gasteiger partial charge in [-0.3, -0.25) is 0 Å². The van der Waals surface area contributed by atoms with Gasteiger partial charge >= 0.3 is 0 Å². The molecule has 0 radical (unpaired) electrons. The molecule has 1 aromatic rings. The number of rotatable bonds is 7. The molecule has 0 bridgehead atoms. The van der Waals surface area contributed by atoms with Gasteiger partial charge in [-0.1, -0.05) is 13.0 Å². The Balaban J connectivity index is 3.29. The van der Waals surface area contributed by atoms with Crippen LogP contribution in [-0.2, 0) is 0 Å². The zero-order valence-corrected chi connectivity index (χ0v) is 15.0. The molecule has 0 saturated carbocycles. The highest BCUT2D eigenvalue weighted by molar-refractivity contribution is 5.43. The maximum absolute atomic E-state index is 5.44. The van der Waals surface area contributed by atoms with Crippen molar-refractivity contribution in [3.05, 3.63) is 28.8 Å². The zero-order valence-electron chi connectivity index (χ0n) is 15.0. The number of hydrogen-bond acceptors (Lipinski definition) is 3. The summed E-state index contributed by atoms with van der Waals surface area (Å²) in [4.78, 5) is 2.29. The first-order chi connectivity index (χ1) is 9.75. The third-order valence-electron chi connectivity index (χ3n) is 4.55. The molecule has 1 rings (SSSR count). The molecule has 0 spiro atoms. The second-order valence-corrected chi connectivity index (χ2v) is 6.61. The molecule has 1 atom stereocenters. The van der Waals surface area contributed by atoms with Crippen molar-refractivity contribution in [3.63, 3.8) is 0 Å². The molecular formula is C18H32N2O. The van der Waals surface area contributed by atoms with Crippen LogP contribution in [0.2, 0.25) is 0 Å². The highest BCUT2D eigenvalue weighted by Gasteiger charge is 2.33. The van der Waals surface area contributed by atoms with Crippen molar-refractivity contribution in [2.45, 2.75) is 52.6 Å². The van der Waals surface area contributed by atoms with Gasteiger partial charge in [-0.25, -0.2) is 0 Å². The molecule has 3 heteroatoms. The van der Waals surface area contributed by atoms with Crippen LogP contribution in [0.5, 0.6) is 5.75 Å². The third kappa shape index (κ3) is 3.98. The largest absolute Gasteiger partial charge is 0.496 e. The zero-order chi connectivity index (χ0) is 16.2. The normalized spacial score (nSPS) is 13.6. The average Bonchev–Trinajstić information content (AvgIpc) is 2.41. The molecule has 120 valence electrons. The Hall–Kier alpha value is -1.06. The summed E-state index contributed by atoms with van der Waals surface area (Å²) in [6.07, 6.45) is 1.13. The van der Waals surface area contributed by atoms with Gasteiger partial charge in [-0.15, -0.1) is 0 Å². The maximum atomic E-state index is 5.44. The Bertz CT molecular complexity index is 467. The number of ether oxygens (including phenoxy) is 1. The SMILES string of the molecule is CCCNC(c1cc(C)c(OC)cc1C)C(C)(C)N(C)C. The molecule has 0 heterocycles. The first-order valence-corrected chi connectivity index (χ1v) is 7.81. The average molecular weight is 292 g/mol. The van der Waals surface area contributed by atoms with Gasteiger partial charge in [0.1, 0.15) is 5.75 Å². The van der Waals surface area contributed by atoms with Crippen molar-refractivity contribution in [3.8, 4) is 5.75 Å². The Labute approximate surface area is 130 Å². The van der Waals surface area contributed by atoms with Crippen molar-refractivity contribution in [2.24, 2.45) is 0 Å². The summed E-state index contributed by atoms with van der Waals surface area (Å²) in [6, 6.07) is 4.71. The van der Waals surface area contributed by atoms with Crippen LogP contribution >= 0.6 is 0 Å². The molecule has 1 unspecified atom stereocenters. The summed E-state index contributed by atoms with van der Waals surface area (Å²) in [5, 5.41) is 3.73. The molecule has 0 amide bonds. The molecule has 3 nitrogen and oxygen atoms in total. The van der Waals surface area contributed by atoms with Crippen LogP contribution in [0.3, 0.4) is 0 Å². The topological polar surface area (TPSA) is 24.5 Å². The van der Waals surface area contributed by atoms with E-state index >= 15 is 0 Å². The van der Waals surface area contributed by atoms with Gasteiger partial charge in [0.2, 0.25) is 0 Å². The van der Waals surface area contributed by atoms with Gasteiger partial charge in [0.05, 0.1) is 13.2 Å². The maximum Gasteiger partial charge on any atom is 0.122 e. The van der Waals surface area contributed by atoms with E-state index in [1.165, 1.54) is 16.7 Å². The highest BCUT2D eigenvalue weighted by atomic mass is 16.5. The summed E-state index contributed by atoms with van der Waals surface area (Å²) < 4.78 is 5.44. The van der Waals surface area contributed by atoms with E-state index in [9.17, 15) is 0 Å². The lowest BCUT2D eigenvalue weighted by atomic mass is 9.84. The van der Waals surface area contributed by atoms with Crippen LogP contribution in [0.1, 0.15) is 49.9 Å². The highest BCUT2D eigenvalue weighted by Crippen LogP contribution is 2.34. The van der Waals surface area contributed by atoms with Gasteiger partial charge in [0.25, 0.3) is 0 Å². The number of hydrogen-bond donors (Lipinski definition) is 1. The lowest BCUT2D eigenvalue weighted by Crippen LogP contribution is -2.49.